The van der Waals surface area contributed by atoms with Crippen LogP contribution in [0.2, 0.25) is 0 Å². The molecule has 5 heteroatoms. The summed E-state index contributed by atoms with van der Waals surface area (Å²) in [4.78, 5) is 0. The van der Waals surface area contributed by atoms with Crippen molar-refractivity contribution in [1.29, 1.82) is 0 Å². The second-order valence-electron chi connectivity index (χ2n) is 4.35. The van der Waals surface area contributed by atoms with E-state index in [0.29, 0.717) is 13.1 Å². The van der Waals surface area contributed by atoms with Crippen LogP contribution in [0.4, 0.5) is 0 Å². The summed E-state index contributed by atoms with van der Waals surface area (Å²) in [6, 6.07) is 0. The van der Waals surface area contributed by atoms with Crippen LogP contribution in [0.3, 0.4) is 0 Å². The molecule has 2 aliphatic heterocycles. The van der Waals surface area contributed by atoms with Gasteiger partial charge in [-0.05, 0) is 6.92 Å². The normalized spacial score (nSPS) is 48.8. The van der Waals surface area contributed by atoms with Crippen molar-refractivity contribution >= 4 is 9.84 Å². The molecule has 4 nitrogen and oxygen atoms in total. The molecule has 0 aliphatic carbocycles. The molecule has 2 saturated heterocycles. The minimum atomic E-state index is -2.91. The first-order chi connectivity index (χ1) is 5.92. The first-order valence-corrected chi connectivity index (χ1v) is 6.37. The van der Waals surface area contributed by atoms with Crippen molar-refractivity contribution in [2.75, 3.05) is 24.6 Å². The quantitative estimate of drug-likeness (QED) is 0.532. The standard InChI is InChI=1S/C8H15NO3S/c1-8(10)6-2-9-3-7(8)5-13(11,12)4-6/h6-7,9-10H,2-5H2,1H3/t6-,7-/m0/s1. The Hall–Kier alpha value is -0.130. The van der Waals surface area contributed by atoms with Crippen molar-refractivity contribution in [3.63, 3.8) is 0 Å². The summed E-state index contributed by atoms with van der Waals surface area (Å²) < 4.78 is 22.8. The van der Waals surface area contributed by atoms with E-state index >= 15 is 0 Å². The van der Waals surface area contributed by atoms with Crippen molar-refractivity contribution in [1.82, 2.24) is 5.32 Å². The lowest BCUT2D eigenvalue weighted by atomic mass is 9.77. The van der Waals surface area contributed by atoms with Crippen LogP contribution < -0.4 is 5.32 Å². The van der Waals surface area contributed by atoms with E-state index in [-0.39, 0.29) is 23.3 Å². The van der Waals surface area contributed by atoms with E-state index in [1.54, 1.807) is 6.92 Å². The first kappa shape index (κ1) is 9.43. The molecule has 0 amide bonds. The summed E-state index contributed by atoms with van der Waals surface area (Å²) in [6.45, 7) is 2.99. The zero-order valence-corrected chi connectivity index (χ0v) is 8.47. The monoisotopic (exact) mass is 205 g/mol. The second kappa shape index (κ2) is 2.68. The van der Waals surface area contributed by atoms with Crippen molar-refractivity contribution in [3.8, 4) is 0 Å². The average Bonchev–Trinajstić information content (AvgIpc) is 1.93. The molecule has 0 unspecified atom stereocenters. The van der Waals surface area contributed by atoms with Crippen molar-refractivity contribution in [2.45, 2.75) is 12.5 Å². The molecule has 0 aromatic carbocycles. The van der Waals surface area contributed by atoms with Crippen molar-refractivity contribution in [3.05, 3.63) is 0 Å². The molecule has 2 aliphatic rings. The zero-order valence-electron chi connectivity index (χ0n) is 7.66. The lowest BCUT2D eigenvalue weighted by Gasteiger charge is -2.47. The third-order valence-electron chi connectivity index (χ3n) is 3.34. The highest BCUT2D eigenvalue weighted by Gasteiger charge is 2.49. The number of fused-ring (bicyclic) bond motifs is 2. The number of piperidine rings is 1. The van der Waals surface area contributed by atoms with Gasteiger partial charge in [-0.25, -0.2) is 8.42 Å². The van der Waals surface area contributed by atoms with Gasteiger partial charge in [0.25, 0.3) is 0 Å². The molecule has 0 aromatic heterocycles. The van der Waals surface area contributed by atoms with Crippen LogP contribution in [0.1, 0.15) is 6.92 Å². The summed E-state index contributed by atoms with van der Waals surface area (Å²) in [5.74, 6) is -0.0116. The van der Waals surface area contributed by atoms with E-state index in [1.807, 2.05) is 0 Å². The molecule has 2 heterocycles. The molecule has 2 rings (SSSR count). The largest absolute Gasteiger partial charge is 0.389 e. The summed E-state index contributed by atoms with van der Waals surface area (Å²) in [7, 11) is -2.91. The van der Waals surface area contributed by atoms with Gasteiger partial charge in [0.1, 0.15) is 0 Å². The van der Waals surface area contributed by atoms with E-state index in [9.17, 15) is 13.5 Å². The van der Waals surface area contributed by atoms with Crippen LogP contribution in [0.15, 0.2) is 0 Å². The highest BCUT2D eigenvalue weighted by molar-refractivity contribution is 7.91. The van der Waals surface area contributed by atoms with Crippen LogP contribution in [0.5, 0.6) is 0 Å². The molecule has 0 aromatic rings. The third kappa shape index (κ3) is 1.49. The summed E-state index contributed by atoms with van der Waals surface area (Å²) >= 11 is 0. The highest BCUT2D eigenvalue weighted by Crippen LogP contribution is 2.35. The Morgan fingerprint density at radius 2 is 1.77 bits per heavy atom. The summed E-state index contributed by atoms with van der Waals surface area (Å²) in [6.07, 6.45) is 0. The molecule has 2 N–H and O–H groups in total. The molecular formula is C8H15NO3S. The van der Waals surface area contributed by atoms with Crippen LogP contribution in [0.25, 0.3) is 0 Å². The fourth-order valence-corrected chi connectivity index (χ4v) is 4.59. The lowest BCUT2D eigenvalue weighted by Crippen LogP contribution is -2.62. The maximum absolute atomic E-state index is 11.4. The third-order valence-corrected chi connectivity index (χ3v) is 5.17. The van der Waals surface area contributed by atoms with Crippen LogP contribution in [-0.2, 0) is 9.84 Å². The number of hydrogen-bond acceptors (Lipinski definition) is 4. The van der Waals surface area contributed by atoms with Gasteiger partial charge in [-0.3, -0.25) is 0 Å². The number of nitrogens with one attached hydrogen (secondary N) is 1. The van der Waals surface area contributed by atoms with Crippen molar-refractivity contribution < 1.29 is 13.5 Å². The molecule has 76 valence electrons. The smallest absolute Gasteiger partial charge is 0.151 e. The first-order valence-electron chi connectivity index (χ1n) is 4.55. The van der Waals surface area contributed by atoms with Gasteiger partial charge in [0.15, 0.2) is 9.84 Å². The molecule has 0 radical (unpaired) electrons. The fourth-order valence-electron chi connectivity index (χ4n) is 2.31. The Morgan fingerprint density at radius 1 is 1.31 bits per heavy atom. The Bertz CT molecular complexity index is 287. The van der Waals surface area contributed by atoms with Gasteiger partial charge in [0.05, 0.1) is 17.1 Å². The molecule has 2 bridgehead atoms. The maximum Gasteiger partial charge on any atom is 0.151 e. The second-order valence-corrected chi connectivity index (χ2v) is 6.51. The van der Waals surface area contributed by atoms with Gasteiger partial charge in [-0.15, -0.1) is 0 Å². The van der Waals surface area contributed by atoms with Crippen LogP contribution in [-0.4, -0.2) is 43.7 Å². The SMILES string of the molecule is CC1(O)[C@H]2CNC[C@H]1CS(=O)(=O)C2. The fraction of sp³-hybridized carbons (Fsp3) is 1.00. The minimum Gasteiger partial charge on any atom is -0.389 e. The Morgan fingerprint density at radius 3 is 2.23 bits per heavy atom. The molecule has 2 fully saturated rings. The summed E-state index contributed by atoms with van der Waals surface area (Å²) in [5, 5.41) is 13.2. The molecule has 2 atom stereocenters. The van der Waals surface area contributed by atoms with Gasteiger partial charge in [-0.2, -0.15) is 0 Å². The number of sulfone groups is 1. The van der Waals surface area contributed by atoms with E-state index in [0.717, 1.165) is 0 Å². The topological polar surface area (TPSA) is 66.4 Å². The van der Waals surface area contributed by atoms with E-state index in [1.165, 1.54) is 0 Å². The maximum atomic E-state index is 11.4. The number of aliphatic hydroxyl groups is 1. The highest BCUT2D eigenvalue weighted by atomic mass is 32.2. The van der Waals surface area contributed by atoms with E-state index in [4.69, 9.17) is 0 Å². The molecule has 0 saturated carbocycles. The van der Waals surface area contributed by atoms with Crippen molar-refractivity contribution in [2.24, 2.45) is 11.8 Å². The molecule has 13 heavy (non-hydrogen) atoms. The lowest BCUT2D eigenvalue weighted by molar-refractivity contribution is -0.0599. The van der Waals surface area contributed by atoms with Gasteiger partial charge < -0.3 is 10.4 Å². The Labute approximate surface area is 78.3 Å². The van der Waals surface area contributed by atoms with Crippen LogP contribution in [0, 0.1) is 11.8 Å². The predicted molar refractivity (Wildman–Crippen MR) is 49.1 cm³/mol. The van der Waals surface area contributed by atoms with Gasteiger partial charge in [-0.1, -0.05) is 0 Å². The summed E-state index contributed by atoms with van der Waals surface area (Å²) in [5.41, 5.74) is -0.795. The van der Waals surface area contributed by atoms with Gasteiger partial charge in [0.2, 0.25) is 0 Å². The molecular weight excluding hydrogens is 190 g/mol. The number of rotatable bonds is 0. The average molecular weight is 205 g/mol. The Balaban J connectivity index is 2.32. The molecule has 0 spiro atoms. The van der Waals surface area contributed by atoms with Crippen LogP contribution >= 0.6 is 0 Å². The Kier molecular flexibility index (Phi) is 1.94. The predicted octanol–water partition coefficient (Wildman–Crippen LogP) is -0.999. The van der Waals surface area contributed by atoms with E-state index in [2.05, 4.69) is 5.32 Å². The van der Waals surface area contributed by atoms with E-state index < -0.39 is 15.4 Å². The minimum absolute atomic E-state index is 0.128. The number of hydrogen-bond donors (Lipinski definition) is 2. The van der Waals surface area contributed by atoms with Gasteiger partial charge in [0, 0.05) is 24.9 Å². The zero-order chi connectivity index (χ0) is 9.69. The van der Waals surface area contributed by atoms with Gasteiger partial charge >= 0.3 is 0 Å².